The smallest absolute Gasteiger partial charge is 0.135 e. The maximum Gasteiger partial charge on any atom is 0.135 e. The van der Waals surface area contributed by atoms with Gasteiger partial charge in [-0.2, -0.15) is 0 Å². The second-order valence-corrected chi connectivity index (χ2v) is 5.40. The third-order valence-electron chi connectivity index (χ3n) is 4.17. The van der Waals surface area contributed by atoms with Gasteiger partial charge in [-0.05, 0) is 29.8 Å². The van der Waals surface area contributed by atoms with Gasteiger partial charge in [-0.25, -0.2) is 0 Å². The van der Waals surface area contributed by atoms with E-state index in [9.17, 15) is 0 Å². The molecule has 0 bridgehead atoms. The topological polar surface area (TPSA) is 22.4 Å². The zero-order chi connectivity index (χ0) is 13.8. The molecule has 4 aromatic rings. The minimum absolute atomic E-state index is 0.881. The second-order valence-electron chi connectivity index (χ2n) is 5.40. The fourth-order valence-corrected chi connectivity index (χ4v) is 3.20. The molecule has 1 aromatic heterocycles. The molecule has 0 spiro atoms. The summed E-state index contributed by atoms with van der Waals surface area (Å²) < 4.78 is 12.0. The highest BCUT2D eigenvalue weighted by Gasteiger charge is 2.21. The number of hydrogen-bond donors (Lipinski definition) is 0. The highest BCUT2D eigenvalue weighted by molar-refractivity contribution is 6.07. The van der Waals surface area contributed by atoms with Crippen molar-refractivity contribution in [3.05, 3.63) is 71.8 Å². The average Bonchev–Trinajstić information content (AvgIpc) is 2.92. The normalized spacial score (nSPS) is 13.0. The molecule has 21 heavy (non-hydrogen) atoms. The maximum atomic E-state index is 6.06. The molecule has 0 unspecified atom stereocenters. The summed E-state index contributed by atoms with van der Waals surface area (Å²) in [5.41, 5.74) is 4.30. The van der Waals surface area contributed by atoms with Crippen LogP contribution in [-0.4, -0.2) is 0 Å². The molecule has 1 aliphatic heterocycles. The fourth-order valence-electron chi connectivity index (χ4n) is 3.20. The van der Waals surface area contributed by atoms with Crippen molar-refractivity contribution in [2.75, 3.05) is 0 Å². The van der Waals surface area contributed by atoms with Crippen LogP contribution in [0.4, 0.5) is 0 Å². The summed E-state index contributed by atoms with van der Waals surface area (Å²) in [5.74, 6) is 1.89. The lowest BCUT2D eigenvalue weighted by atomic mass is 9.96. The van der Waals surface area contributed by atoms with Crippen molar-refractivity contribution in [1.82, 2.24) is 0 Å². The van der Waals surface area contributed by atoms with E-state index in [0.717, 1.165) is 34.5 Å². The van der Waals surface area contributed by atoms with E-state index in [0.29, 0.717) is 0 Å². The predicted molar refractivity (Wildman–Crippen MR) is 83.0 cm³/mol. The molecule has 2 heteroatoms. The van der Waals surface area contributed by atoms with Crippen molar-refractivity contribution in [3.8, 4) is 11.5 Å². The molecular formula is C19H12O2. The summed E-state index contributed by atoms with van der Waals surface area (Å²) in [7, 11) is 0. The van der Waals surface area contributed by atoms with E-state index in [-0.39, 0.29) is 0 Å². The fraction of sp³-hybridized carbons (Fsp3) is 0.0526. The quantitative estimate of drug-likeness (QED) is 0.382. The van der Waals surface area contributed by atoms with Gasteiger partial charge in [0.05, 0.1) is 0 Å². The van der Waals surface area contributed by atoms with Gasteiger partial charge in [-0.1, -0.05) is 36.4 Å². The molecule has 2 nitrogen and oxygen atoms in total. The van der Waals surface area contributed by atoms with Crippen LogP contribution < -0.4 is 4.74 Å². The Hall–Kier alpha value is -2.74. The molecule has 0 radical (unpaired) electrons. The van der Waals surface area contributed by atoms with Crippen LogP contribution >= 0.6 is 0 Å². The summed E-state index contributed by atoms with van der Waals surface area (Å²) in [6, 6.07) is 20.4. The summed E-state index contributed by atoms with van der Waals surface area (Å²) >= 11 is 0. The third-order valence-corrected chi connectivity index (χ3v) is 4.17. The summed E-state index contributed by atoms with van der Waals surface area (Å²) in [6.07, 6.45) is 0.881. The minimum Gasteiger partial charge on any atom is -0.457 e. The molecular weight excluding hydrogens is 260 g/mol. The largest absolute Gasteiger partial charge is 0.457 e. The van der Waals surface area contributed by atoms with Crippen LogP contribution in [0.1, 0.15) is 11.1 Å². The number of para-hydroxylation sites is 2. The zero-order valence-electron chi connectivity index (χ0n) is 11.3. The van der Waals surface area contributed by atoms with E-state index < -0.39 is 0 Å². The molecule has 1 aliphatic rings. The molecule has 5 rings (SSSR count). The molecule has 2 heterocycles. The summed E-state index contributed by atoms with van der Waals surface area (Å²) in [5, 5.41) is 2.34. The second kappa shape index (κ2) is 3.89. The number of fused-ring (bicyclic) bond motifs is 6. The first-order valence-corrected chi connectivity index (χ1v) is 7.09. The van der Waals surface area contributed by atoms with Gasteiger partial charge >= 0.3 is 0 Å². The minimum atomic E-state index is 0.881. The monoisotopic (exact) mass is 272 g/mol. The summed E-state index contributed by atoms with van der Waals surface area (Å²) in [6.45, 7) is 0. The molecule has 0 atom stereocenters. The van der Waals surface area contributed by atoms with Gasteiger partial charge in [0.25, 0.3) is 0 Å². The van der Waals surface area contributed by atoms with Gasteiger partial charge in [0.15, 0.2) is 0 Å². The molecule has 0 saturated heterocycles. The maximum absolute atomic E-state index is 6.06. The van der Waals surface area contributed by atoms with E-state index in [1.54, 1.807) is 0 Å². The van der Waals surface area contributed by atoms with E-state index in [1.165, 1.54) is 16.5 Å². The SMILES string of the molecule is c1ccc2c(c1)Cc1c(ccc3oc4ccccc4c13)O2. The first-order chi connectivity index (χ1) is 10.4. The van der Waals surface area contributed by atoms with Gasteiger partial charge in [0.1, 0.15) is 22.7 Å². The lowest BCUT2D eigenvalue weighted by Gasteiger charge is -2.20. The van der Waals surface area contributed by atoms with E-state index >= 15 is 0 Å². The van der Waals surface area contributed by atoms with Gasteiger partial charge in [-0.3, -0.25) is 0 Å². The van der Waals surface area contributed by atoms with E-state index in [1.807, 2.05) is 42.5 Å². The number of ether oxygens (including phenoxy) is 1. The molecule has 0 saturated carbocycles. The van der Waals surface area contributed by atoms with Gasteiger partial charge < -0.3 is 9.15 Å². The van der Waals surface area contributed by atoms with E-state index in [4.69, 9.17) is 9.15 Å². The van der Waals surface area contributed by atoms with Gasteiger partial charge in [-0.15, -0.1) is 0 Å². The van der Waals surface area contributed by atoms with Gasteiger partial charge in [0, 0.05) is 22.8 Å². The first-order valence-electron chi connectivity index (χ1n) is 7.09. The summed E-state index contributed by atoms with van der Waals surface area (Å²) in [4.78, 5) is 0. The van der Waals surface area contributed by atoms with Crippen LogP contribution in [0.3, 0.4) is 0 Å². The Bertz CT molecular complexity index is 995. The van der Waals surface area contributed by atoms with Crippen LogP contribution in [-0.2, 0) is 6.42 Å². The average molecular weight is 272 g/mol. The van der Waals surface area contributed by atoms with Gasteiger partial charge in [0.2, 0.25) is 0 Å². The molecule has 0 fully saturated rings. The lowest BCUT2D eigenvalue weighted by Crippen LogP contribution is -2.02. The van der Waals surface area contributed by atoms with Crippen LogP contribution in [0.2, 0.25) is 0 Å². The van der Waals surface area contributed by atoms with Crippen molar-refractivity contribution in [2.24, 2.45) is 0 Å². The van der Waals surface area contributed by atoms with E-state index in [2.05, 4.69) is 18.2 Å². The zero-order valence-corrected chi connectivity index (χ0v) is 11.3. The highest BCUT2D eigenvalue weighted by Crippen LogP contribution is 2.42. The van der Waals surface area contributed by atoms with Crippen LogP contribution in [0.25, 0.3) is 21.9 Å². The number of benzene rings is 3. The molecule has 0 N–H and O–H groups in total. The number of furan rings is 1. The van der Waals surface area contributed by atoms with Crippen molar-refractivity contribution >= 4 is 21.9 Å². The number of rotatable bonds is 0. The van der Waals surface area contributed by atoms with Crippen molar-refractivity contribution in [2.45, 2.75) is 6.42 Å². The highest BCUT2D eigenvalue weighted by atomic mass is 16.5. The standard InChI is InChI=1S/C19H12O2/c1-3-7-15-12(5-1)11-14-17(20-15)9-10-18-19(14)13-6-2-4-8-16(13)21-18/h1-10H,11H2. The Morgan fingerprint density at radius 1 is 0.714 bits per heavy atom. The van der Waals surface area contributed by atoms with Crippen LogP contribution in [0.15, 0.2) is 65.1 Å². The molecule has 3 aromatic carbocycles. The van der Waals surface area contributed by atoms with Crippen molar-refractivity contribution in [3.63, 3.8) is 0 Å². The Kier molecular flexibility index (Phi) is 2.03. The lowest BCUT2D eigenvalue weighted by molar-refractivity contribution is 0.461. The molecule has 0 amide bonds. The van der Waals surface area contributed by atoms with Crippen molar-refractivity contribution < 1.29 is 9.15 Å². The van der Waals surface area contributed by atoms with Crippen molar-refractivity contribution in [1.29, 1.82) is 0 Å². The molecule has 0 aliphatic carbocycles. The Morgan fingerprint density at radius 2 is 1.57 bits per heavy atom. The Morgan fingerprint density at radius 3 is 2.57 bits per heavy atom. The van der Waals surface area contributed by atoms with Crippen LogP contribution in [0, 0.1) is 0 Å². The third kappa shape index (κ3) is 1.47. The first kappa shape index (κ1) is 11.0. The number of hydrogen-bond acceptors (Lipinski definition) is 2. The predicted octanol–water partition coefficient (Wildman–Crippen LogP) is 5.28. The van der Waals surface area contributed by atoms with Crippen LogP contribution in [0.5, 0.6) is 11.5 Å². The Labute approximate surface area is 121 Å². The molecule has 100 valence electrons. The Balaban J connectivity index is 1.86.